The summed E-state index contributed by atoms with van der Waals surface area (Å²) >= 11 is 26.0. The van der Waals surface area contributed by atoms with Crippen LogP contribution in [0.4, 0.5) is 0 Å². The van der Waals surface area contributed by atoms with Crippen LogP contribution in [-0.4, -0.2) is 12.9 Å². The SMILES string of the molecule is COc1c(Cl)cc(C(C)(C)c2cc(Cl)c(Oc3ccc(C(=O)c4ccc(C)cc4)cc3)c(Cl)c2)cc1Cl. The fourth-order valence-corrected chi connectivity index (χ4v) is 5.17. The van der Waals surface area contributed by atoms with E-state index in [2.05, 4.69) is 0 Å². The second-order valence-electron chi connectivity index (χ2n) is 9.19. The maximum absolute atomic E-state index is 12.8. The second-order valence-corrected chi connectivity index (χ2v) is 10.8. The summed E-state index contributed by atoms with van der Waals surface area (Å²) in [6.45, 7) is 6.02. The molecular weight excluding hydrogens is 550 g/mol. The van der Waals surface area contributed by atoms with Crippen molar-refractivity contribution >= 4 is 52.2 Å². The minimum Gasteiger partial charge on any atom is -0.494 e. The van der Waals surface area contributed by atoms with Crippen LogP contribution in [0.1, 0.15) is 46.5 Å². The summed E-state index contributed by atoms with van der Waals surface area (Å²) in [6.07, 6.45) is 0. The van der Waals surface area contributed by atoms with Crippen molar-refractivity contribution in [1.82, 2.24) is 0 Å². The Bertz CT molecular complexity index is 1410. The molecule has 0 amide bonds. The van der Waals surface area contributed by atoms with Crippen molar-refractivity contribution in [1.29, 1.82) is 0 Å². The Morgan fingerprint density at radius 3 is 1.51 bits per heavy atom. The quantitative estimate of drug-likeness (QED) is 0.206. The van der Waals surface area contributed by atoms with E-state index < -0.39 is 5.41 Å². The Labute approximate surface area is 236 Å². The molecule has 0 bridgehead atoms. The molecule has 0 aliphatic heterocycles. The molecular formula is C30H24Cl4O3. The molecule has 0 saturated carbocycles. The van der Waals surface area contributed by atoms with Crippen molar-refractivity contribution < 1.29 is 14.3 Å². The topological polar surface area (TPSA) is 35.5 Å². The van der Waals surface area contributed by atoms with Crippen molar-refractivity contribution in [3.05, 3.63) is 121 Å². The molecule has 0 unspecified atom stereocenters. The number of rotatable bonds is 7. The van der Waals surface area contributed by atoms with Crippen LogP contribution in [0.15, 0.2) is 72.8 Å². The zero-order valence-electron chi connectivity index (χ0n) is 20.7. The van der Waals surface area contributed by atoms with Gasteiger partial charge in [0.05, 0.1) is 27.2 Å². The lowest BCUT2D eigenvalue weighted by molar-refractivity contribution is 0.103. The highest BCUT2D eigenvalue weighted by molar-refractivity contribution is 6.38. The number of carbonyl (C=O) groups is 1. The summed E-state index contributed by atoms with van der Waals surface area (Å²) in [7, 11) is 1.52. The van der Waals surface area contributed by atoms with E-state index in [-0.39, 0.29) is 5.78 Å². The molecule has 0 atom stereocenters. The van der Waals surface area contributed by atoms with E-state index in [4.69, 9.17) is 55.9 Å². The molecule has 3 nitrogen and oxygen atoms in total. The molecule has 0 fully saturated rings. The van der Waals surface area contributed by atoms with E-state index in [1.54, 1.807) is 24.3 Å². The number of aryl methyl sites for hydroxylation is 1. The Morgan fingerprint density at radius 1 is 0.676 bits per heavy atom. The zero-order chi connectivity index (χ0) is 26.9. The third-order valence-electron chi connectivity index (χ3n) is 6.29. The van der Waals surface area contributed by atoms with Crippen molar-refractivity contribution in [2.75, 3.05) is 7.11 Å². The normalized spacial score (nSPS) is 11.4. The van der Waals surface area contributed by atoms with Crippen LogP contribution < -0.4 is 9.47 Å². The number of carbonyl (C=O) groups excluding carboxylic acids is 1. The Kier molecular flexibility index (Phi) is 8.11. The van der Waals surface area contributed by atoms with Gasteiger partial charge in [0, 0.05) is 16.5 Å². The van der Waals surface area contributed by atoms with E-state index in [0.29, 0.717) is 48.5 Å². The molecule has 7 heteroatoms. The van der Waals surface area contributed by atoms with Gasteiger partial charge >= 0.3 is 0 Å². The lowest BCUT2D eigenvalue weighted by Gasteiger charge is -2.28. The number of benzene rings is 4. The van der Waals surface area contributed by atoms with E-state index in [1.165, 1.54) is 7.11 Å². The molecule has 0 aromatic heterocycles. The molecule has 0 saturated heterocycles. The highest BCUT2D eigenvalue weighted by Gasteiger charge is 2.27. The maximum Gasteiger partial charge on any atom is 0.193 e. The molecule has 4 rings (SSSR count). The minimum absolute atomic E-state index is 0.0621. The van der Waals surface area contributed by atoms with Crippen molar-refractivity contribution in [2.24, 2.45) is 0 Å². The summed E-state index contributed by atoms with van der Waals surface area (Å²) < 4.78 is 11.3. The van der Waals surface area contributed by atoms with Gasteiger partial charge in [-0.25, -0.2) is 0 Å². The van der Waals surface area contributed by atoms with Crippen molar-refractivity contribution in [2.45, 2.75) is 26.2 Å². The van der Waals surface area contributed by atoms with Crippen LogP contribution in [0.2, 0.25) is 20.1 Å². The summed E-state index contributed by atoms with van der Waals surface area (Å²) in [5.74, 6) is 1.19. The number of ether oxygens (including phenoxy) is 2. The lowest BCUT2D eigenvalue weighted by Crippen LogP contribution is -2.19. The molecule has 0 aliphatic carbocycles. The smallest absolute Gasteiger partial charge is 0.193 e. The largest absolute Gasteiger partial charge is 0.494 e. The van der Waals surface area contributed by atoms with Crippen molar-refractivity contribution in [3.63, 3.8) is 0 Å². The van der Waals surface area contributed by atoms with Crippen LogP contribution >= 0.6 is 46.4 Å². The molecule has 4 aromatic carbocycles. The average Bonchev–Trinajstić information content (AvgIpc) is 2.86. The number of hydrogen-bond acceptors (Lipinski definition) is 3. The van der Waals surface area contributed by atoms with Gasteiger partial charge in [0.2, 0.25) is 0 Å². The van der Waals surface area contributed by atoms with Gasteiger partial charge in [-0.15, -0.1) is 0 Å². The molecule has 4 aromatic rings. The minimum atomic E-state index is -0.524. The molecule has 0 spiro atoms. The first-order chi connectivity index (χ1) is 17.5. The molecule has 0 aliphatic rings. The zero-order valence-corrected chi connectivity index (χ0v) is 23.7. The first-order valence-electron chi connectivity index (χ1n) is 11.4. The van der Waals surface area contributed by atoms with Gasteiger partial charge in [0.1, 0.15) is 5.75 Å². The summed E-state index contributed by atoms with van der Waals surface area (Å²) in [4.78, 5) is 12.8. The first-order valence-corrected chi connectivity index (χ1v) is 12.9. The molecule has 0 N–H and O–H groups in total. The maximum atomic E-state index is 12.8. The van der Waals surface area contributed by atoms with Gasteiger partial charge in [0.15, 0.2) is 17.3 Å². The van der Waals surface area contributed by atoms with Gasteiger partial charge in [0.25, 0.3) is 0 Å². The predicted molar refractivity (Wildman–Crippen MR) is 153 cm³/mol. The number of methoxy groups -OCH3 is 1. The number of hydrogen-bond donors (Lipinski definition) is 0. The highest BCUT2D eigenvalue weighted by atomic mass is 35.5. The van der Waals surface area contributed by atoms with Gasteiger partial charge in [-0.1, -0.05) is 90.1 Å². The number of halogens is 4. The van der Waals surface area contributed by atoms with E-state index in [1.807, 2.05) is 69.3 Å². The monoisotopic (exact) mass is 572 g/mol. The van der Waals surface area contributed by atoms with Crippen molar-refractivity contribution in [3.8, 4) is 17.2 Å². The molecule has 0 radical (unpaired) electrons. The third kappa shape index (κ3) is 5.76. The first kappa shape index (κ1) is 27.3. The molecule has 190 valence electrons. The standard InChI is InChI=1S/C30H24Cl4O3/c1-17-5-7-18(8-6-17)27(35)19-9-11-22(12-10-19)37-29-25(33)15-21(16-26(29)34)30(2,3)20-13-23(31)28(36-4)24(32)14-20/h5-16H,1-4H3. The van der Waals surface area contributed by atoms with E-state index >= 15 is 0 Å². The predicted octanol–water partition coefficient (Wildman–Crippen LogP) is 9.97. The Hall–Kier alpha value is -2.69. The van der Waals surface area contributed by atoms with Crippen LogP contribution in [0.3, 0.4) is 0 Å². The fourth-order valence-electron chi connectivity index (χ4n) is 3.96. The van der Waals surface area contributed by atoms with E-state index in [9.17, 15) is 4.79 Å². The van der Waals surface area contributed by atoms with Gasteiger partial charge < -0.3 is 9.47 Å². The van der Waals surface area contributed by atoms with Gasteiger partial charge in [-0.2, -0.15) is 0 Å². The van der Waals surface area contributed by atoms with Crippen LogP contribution in [0, 0.1) is 6.92 Å². The van der Waals surface area contributed by atoms with Crippen LogP contribution in [0.5, 0.6) is 17.2 Å². The van der Waals surface area contributed by atoms with Crippen LogP contribution in [-0.2, 0) is 5.41 Å². The summed E-state index contributed by atoms with van der Waals surface area (Å²) in [5, 5.41) is 1.53. The van der Waals surface area contributed by atoms with Gasteiger partial charge in [-0.3, -0.25) is 4.79 Å². The van der Waals surface area contributed by atoms with E-state index in [0.717, 1.165) is 16.7 Å². The number of ketones is 1. The summed E-state index contributed by atoms with van der Waals surface area (Å²) in [5.41, 5.74) is 3.48. The molecule has 37 heavy (non-hydrogen) atoms. The third-order valence-corrected chi connectivity index (χ3v) is 7.42. The Morgan fingerprint density at radius 2 is 1.08 bits per heavy atom. The highest BCUT2D eigenvalue weighted by Crippen LogP contribution is 2.44. The lowest BCUT2D eigenvalue weighted by atomic mass is 9.78. The van der Waals surface area contributed by atoms with Crippen LogP contribution in [0.25, 0.3) is 0 Å². The fraction of sp³-hybridized carbons (Fsp3) is 0.167. The second kappa shape index (κ2) is 11.0. The molecule has 0 heterocycles. The average molecular weight is 574 g/mol. The Balaban J connectivity index is 1.58. The van der Waals surface area contributed by atoms with Gasteiger partial charge in [-0.05, 0) is 66.6 Å². The summed E-state index contributed by atoms with van der Waals surface area (Å²) in [6, 6.07) is 21.6.